The topological polar surface area (TPSA) is 75.5 Å². The highest BCUT2D eigenvalue weighted by atomic mass is 19.4. The predicted octanol–water partition coefficient (Wildman–Crippen LogP) is 2.34. The molecule has 0 radical (unpaired) electrons. The molecule has 6 nitrogen and oxygen atoms in total. The van der Waals surface area contributed by atoms with Crippen molar-refractivity contribution < 1.29 is 27.5 Å². The number of nitrogens with one attached hydrogen (secondary N) is 1. The molecule has 0 aromatic heterocycles. The van der Waals surface area contributed by atoms with Crippen LogP contribution in [0, 0.1) is 5.21 Å². The zero-order valence-electron chi connectivity index (χ0n) is 13.2. The van der Waals surface area contributed by atoms with Crippen LogP contribution in [0.1, 0.15) is 31.2 Å². The summed E-state index contributed by atoms with van der Waals surface area (Å²) in [5.74, 6) is -1.21. The van der Waals surface area contributed by atoms with Gasteiger partial charge in [-0.1, -0.05) is 6.07 Å². The average Bonchev–Trinajstić information content (AvgIpc) is 3.09. The Kier molecular flexibility index (Phi) is 4.18. The minimum Gasteiger partial charge on any atom is -0.622 e. The van der Waals surface area contributed by atoms with Gasteiger partial charge in [-0.15, -0.1) is 0 Å². The van der Waals surface area contributed by atoms with Crippen LogP contribution < -0.4 is 5.32 Å². The maximum atomic E-state index is 12.7. The second kappa shape index (κ2) is 6.05. The predicted molar refractivity (Wildman–Crippen MR) is 82.7 cm³/mol. The van der Waals surface area contributed by atoms with Crippen molar-refractivity contribution in [3.8, 4) is 0 Å². The lowest BCUT2D eigenvalue weighted by Crippen LogP contribution is -2.52. The highest BCUT2D eigenvalue weighted by molar-refractivity contribution is 6.26. The highest BCUT2D eigenvalue weighted by Gasteiger charge is 2.54. The molecule has 1 aliphatic carbocycles. The Morgan fingerprint density at radius 1 is 1.32 bits per heavy atom. The van der Waals surface area contributed by atoms with Gasteiger partial charge in [-0.05, 0) is 31.0 Å². The van der Waals surface area contributed by atoms with E-state index in [2.05, 4.69) is 5.32 Å². The number of hydroxylamine groups is 1. The van der Waals surface area contributed by atoms with Gasteiger partial charge in [-0.2, -0.15) is 17.9 Å². The first kappa shape index (κ1) is 17.2. The lowest BCUT2D eigenvalue weighted by Gasteiger charge is -2.31. The largest absolute Gasteiger partial charge is 0.622 e. The minimum absolute atomic E-state index is 0.0186. The quantitative estimate of drug-likeness (QED) is 0.668. The monoisotopic (exact) mass is 355 g/mol. The number of benzene rings is 1. The van der Waals surface area contributed by atoms with E-state index >= 15 is 0 Å². The molecule has 1 fully saturated rings. The van der Waals surface area contributed by atoms with Gasteiger partial charge in [-0.3, -0.25) is 14.5 Å². The van der Waals surface area contributed by atoms with E-state index in [0.717, 1.165) is 31.2 Å². The molecule has 25 heavy (non-hydrogen) atoms. The van der Waals surface area contributed by atoms with Crippen LogP contribution in [-0.4, -0.2) is 39.9 Å². The maximum Gasteiger partial charge on any atom is 0.416 e. The van der Waals surface area contributed by atoms with Gasteiger partial charge in [0, 0.05) is 18.5 Å². The molecule has 0 unspecified atom stereocenters. The van der Waals surface area contributed by atoms with E-state index in [1.54, 1.807) is 0 Å². The Hall–Kier alpha value is -2.58. The highest BCUT2D eigenvalue weighted by Crippen LogP contribution is 2.38. The fraction of sp³-hybridized carbons (Fsp3) is 0.438. The van der Waals surface area contributed by atoms with Crippen LogP contribution in [0.15, 0.2) is 24.3 Å². The van der Waals surface area contributed by atoms with Crippen molar-refractivity contribution in [2.75, 3.05) is 11.9 Å². The molecule has 0 saturated heterocycles. The van der Waals surface area contributed by atoms with Crippen LogP contribution in [0.3, 0.4) is 0 Å². The molecule has 3 rings (SSSR count). The fourth-order valence-electron chi connectivity index (χ4n) is 3.39. The molecule has 0 atom stereocenters. The first-order valence-electron chi connectivity index (χ1n) is 7.82. The number of nitrogens with zero attached hydrogens (tertiary/aromatic N) is 2. The van der Waals surface area contributed by atoms with Gasteiger partial charge in [0.15, 0.2) is 0 Å². The second-order valence-electron chi connectivity index (χ2n) is 6.20. The van der Waals surface area contributed by atoms with E-state index in [1.165, 1.54) is 17.0 Å². The summed E-state index contributed by atoms with van der Waals surface area (Å²) in [5.41, 5.74) is -1.94. The molecule has 1 heterocycles. The van der Waals surface area contributed by atoms with E-state index in [0.29, 0.717) is 17.6 Å². The zero-order valence-corrected chi connectivity index (χ0v) is 13.2. The molecule has 1 N–H and O–H groups in total. The lowest BCUT2D eigenvalue weighted by molar-refractivity contribution is -0.561. The molecule has 1 saturated carbocycles. The summed E-state index contributed by atoms with van der Waals surface area (Å²) in [7, 11) is 0. The third-order valence-electron chi connectivity index (χ3n) is 4.59. The molecule has 9 heteroatoms. The Balaban J connectivity index is 1.72. The number of rotatable bonds is 3. The fourth-order valence-corrected chi connectivity index (χ4v) is 3.39. The summed E-state index contributed by atoms with van der Waals surface area (Å²) in [6.45, 7) is -0.385. The Bertz CT molecular complexity index is 740. The van der Waals surface area contributed by atoms with Gasteiger partial charge in [0.1, 0.15) is 6.54 Å². The number of amides is 2. The number of halogens is 3. The van der Waals surface area contributed by atoms with Crippen molar-refractivity contribution in [3.63, 3.8) is 0 Å². The lowest BCUT2D eigenvalue weighted by atomic mass is 10.1. The maximum absolute atomic E-state index is 12.7. The van der Waals surface area contributed by atoms with Crippen molar-refractivity contribution in [1.82, 2.24) is 4.90 Å². The van der Waals surface area contributed by atoms with E-state index in [9.17, 15) is 28.0 Å². The summed E-state index contributed by atoms with van der Waals surface area (Å²) in [6.07, 6.45) is -1.12. The first-order valence-corrected chi connectivity index (χ1v) is 7.82. The summed E-state index contributed by atoms with van der Waals surface area (Å²) < 4.78 is 38.7. The van der Waals surface area contributed by atoms with Crippen LogP contribution in [0.2, 0.25) is 0 Å². The van der Waals surface area contributed by atoms with Crippen molar-refractivity contribution in [2.24, 2.45) is 0 Å². The van der Waals surface area contributed by atoms with Gasteiger partial charge in [0.2, 0.25) is 12.1 Å². The van der Waals surface area contributed by atoms with Crippen LogP contribution in [0.5, 0.6) is 0 Å². The Morgan fingerprint density at radius 3 is 2.64 bits per heavy atom. The van der Waals surface area contributed by atoms with Crippen molar-refractivity contribution in [3.05, 3.63) is 35.0 Å². The van der Waals surface area contributed by atoms with Crippen LogP contribution in [0.25, 0.3) is 0 Å². The summed E-state index contributed by atoms with van der Waals surface area (Å²) in [5, 5.41) is 14.4. The van der Waals surface area contributed by atoms with Gasteiger partial charge in [0.25, 0.3) is 5.66 Å². The number of hydrogen-bond acceptors (Lipinski definition) is 3. The second-order valence-corrected chi connectivity index (χ2v) is 6.20. The van der Waals surface area contributed by atoms with E-state index in [1.807, 2.05) is 0 Å². The molecule has 1 aromatic carbocycles. The molecular formula is C16H16F3N3O3. The van der Waals surface area contributed by atoms with E-state index in [4.69, 9.17) is 0 Å². The van der Waals surface area contributed by atoms with Gasteiger partial charge >= 0.3 is 12.1 Å². The molecule has 134 valence electrons. The summed E-state index contributed by atoms with van der Waals surface area (Å²) >= 11 is 0. The first-order chi connectivity index (χ1) is 11.7. The number of carbonyl (C=O) groups is 2. The number of hydrogen-bond donors (Lipinski definition) is 1. The molecule has 2 aliphatic rings. The van der Waals surface area contributed by atoms with Crippen molar-refractivity contribution in [1.29, 1.82) is 0 Å². The summed E-state index contributed by atoms with van der Waals surface area (Å²) in [4.78, 5) is 25.4. The van der Waals surface area contributed by atoms with Gasteiger partial charge in [0.05, 0.1) is 5.56 Å². The number of anilines is 1. The minimum atomic E-state index is -4.52. The SMILES string of the molecule is O=C(CN1C(=O)C=[N+]([O-])C12CCCC2)Nc1cccc(C(F)(F)F)c1. The molecule has 1 aliphatic heterocycles. The Morgan fingerprint density at radius 2 is 2.00 bits per heavy atom. The van der Waals surface area contributed by atoms with Gasteiger partial charge in [-0.25, -0.2) is 0 Å². The molecule has 2 amide bonds. The van der Waals surface area contributed by atoms with E-state index < -0.39 is 29.2 Å². The molecule has 1 spiro atoms. The van der Waals surface area contributed by atoms with Crippen molar-refractivity contribution >= 4 is 23.7 Å². The van der Waals surface area contributed by atoms with Crippen LogP contribution in [-0.2, 0) is 15.8 Å². The normalized spacial score (nSPS) is 19.4. The smallest absolute Gasteiger partial charge is 0.416 e. The van der Waals surface area contributed by atoms with Crippen molar-refractivity contribution in [2.45, 2.75) is 37.5 Å². The molecule has 0 bridgehead atoms. The molecular weight excluding hydrogens is 339 g/mol. The average molecular weight is 355 g/mol. The third-order valence-corrected chi connectivity index (χ3v) is 4.59. The third kappa shape index (κ3) is 3.18. The van der Waals surface area contributed by atoms with Crippen LogP contribution >= 0.6 is 0 Å². The number of carbonyl (C=O) groups excluding carboxylic acids is 2. The summed E-state index contributed by atoms with van der Waals surface area (Å²) in [6, 6.07) is 4.24. The van der Waals surface area contributed by atoms with E-state index in [-0.39, 0.29) is 12.2 Å². The number of alkyl halides is 3. The standard InChI is InChI=1S/C16H16F3N3O3/c17-16(18,19)11-4-3-5-12(8-11)20-13(23)9-21-14(24)10-22(25)15(21)6-1-2-7-15/h3-5,8,10H,1-2,6-7,9H2,(H,20,23). The Labute approximate surface area is 141 Å². The molecule has 1 aromatic rings. The van der Waals surface area contributed by atoms with Gasteiger partial charge < -0.3 is 10.5 Å². The van der Waals surface area contributed by atoms with Crippen LogP contribution in [0.4, 0.5) is 18.9 Å². The zero-order chi connectivity index (χ0) is 18.2.